The molecule has 0 spiro atoms. The molecular formula is C21H20Cl2O2. The van der Waals surface area contributed by atoms with Crippen molar-refractivity contribution in [3.8, 4) is 0 Å². The number of carbonyl (C=O) groups excluding carboxylic acids is 1. The average molecular weight is 375 g/mol. The number of rotatable bonds is 5. The minimum Gasteiger partial charge on any atom is -0.461 e. The van der Waals surface area contributed by atoms with Crippen LogP contribution in [0.5, 0.6) is 0 Å². The third-order valence-electron chi connectivity index (χ3n) is 4.83. The molecule has 1 aliphatic carbocycles. The molecule has 25 heavy (non-hydrogen) atoms. The van der Waals surface area contributed by atoms with E-state index in [2.05, 4.69) is 13.8 Å². The van der Waals surface area contributed by atoms with Gasteiger partial charge in [0.2, 0.25) is 0 Å². The second kappa shape index (κ2) is 7.23. The highest BCUT2D eigenvalue weighted by molar-refractivity contribution is 6.48. The monoisotopic (exact) mass is 374 g/mol. The predicted octanol–water partition coefficient (Wildman–Crippen LogP) is 5.94. The Bertz CT molecular complexity index is 779. The van der Waals surface area contributed by atoms with Crippen LogP contribution in [-0.2, 0) is 16.1 Å². The van der Waals surface area contributed by atoms with Gasteiger partial charge in [-0.1, -0.05) is 85.6 Å². The van der Waals surface area contributed by atoms with Crippen molar-refractivity contribution in [2.45, 2.75) is 20.5 Å². The summed E-state index contributed by atoms with van der Waals surface area (Å²) < 4.78 is 5.49. The Morgan fingerprint density at radius 2 is 1.76 bits per heavy atom. The van der Waals surface area contributed by atoms with Crippen molar-refractivity contribution < 1.29 is 9.53 Å². The maximum absolute atomic E-state index is 12.5. The van der Waals surface area contributed by atoms with Crippen molar-refractivity contribution in [2.24, 2.45) is 17.3 Å². The van der Waals surface area contributed by atoms with Gasteiger partial charge in [-0.2, -0.15) is 0 Å². The zero-order chi connectivity index (χ0) is 18.0. The van der Waals surface area contributed by atoms with Gasteiger partial charge >= 0.3 is 5.97 Å². The van der Waals surface area contributed by atoms with Crippen LogP contribution < -0.4 is 0 Å². The first-order valence-corrected chi connectivity index (χ1v) is 8.99. The molecule has 0 aromatic heterocycles. The topological polar surface area (TPSA) is 26.3 Å². The first-order chi connectivity index (χ1) is 11.9. The van der Waals surface area contributed by atoms with Crippen LogP contribution in [0, 0.1) is 17.3 Å². The molecule has 1 fully saturated rings. The lowest BCUT2D eigenvalue weighted by atomic mass is 10.1. The lowest BCUT2D eigenvalue weighted by Crippen LogP contribution is -2.10. The van der Waals surface area contributed by atoms with E-state index in [9.17, 15) is 4.79 Å². The first kappa shape index (κ1) is 18.0. The van der Waals surface area contributed by atoms with E-state index in [0.717, 1.165) is 11.1 Å². The largest absolute Gasteiger partial charge is 0.461 e. The van der Waals surface area contributed by atoms with Crippen LogP contribution in [0.15, 0.2) is 60.7 Å². The van der Waals surface area contributed by atoms with Gasteiger partial charge in [0.25, 0.3) is 0 Å². The van der Waals surface area contributed by atoms with Crippen LogP contribution in [0.2, 0.25) is 5.02 Å². The van der Waals surface area contributed by atoms with Gasteiger partial charge in [-0.05, 0) is 34.6 Å². The predicted molar refractivity (Wildman–Crippen MR) is 102 cm³/mol. The van der Waals surface area contributed by atoms with E-state index in [-0.39, 0.29) is 23.2 Å². The number of esters is 1. The van der Waals surface area contributed by atoms with E-state index in [0.29, 0.717) is 16.7 Å². The summed E-state index contributed by atoms with van der Waals surface area (Å²) in [6.45, 7) is 4.43. The summed E-state index contributed by atoms with van der Waals surface area (Å²) in [7, 11) is 0. The van der Waals surface area contributed by atoms with E-state index in [1.807, 2.05) is 48.5 Å². The second-order valence-corrected chi connectivity index (χ2v) is 7.78. The van der Waals surface area contributed by atoms with Gasteiger partial charge in [0, 0.05) is 10.1 Å². The van der Waals surface area contributed by atoms with Crippen molar-refractivity contribution in [1.82, 2.24) is 0 Å². The maximum atomic E-state index is 12.5. The van der Waals surface area contributed by atoms with Crippen LogP contribution in [0.25, 0.3) is 5.03 Å². The van der Waals surface area contributed by atoms with Crippen LogP contribution in [0.4, 0.5) is 0 Å². The number of allylic oxidation sites excluding steroid dienone is 1. The Morgan fingerprint density at radius 1 is 1.12 bits per heavy atom. The molecule has 1 aliphatic rings. The Hall–Kier alpha value is -1.77. The standard InChI is InChI=1S/C21H20Cl2O2/c1-21(2)17(12-18(23)15-8-10-16(22)11-9-15)19(21)20(24)25-13-14-6-4-3-5-7-14/h3-12,17,19H,13H2,1-2H3. The Balaban J connectivity index is 1.65. The fraction of sp³-hybridized carbons (Fsp3) is 0.286. The summed E-state index contributed by atoms with van der Waals surface area (Å²) in [5.41, 5.74) is 1.73. The molecule has 0 radical (unpaired) electrons. The highest BCUT2D eigenvalue weighted by Crippen LogP contribution is 2.60. The summed E-state index contributed by atoms with van der Waals surface area (Å²) in [6, 6.07) is 17.0. The molecule has 2 aromatic carbocycles. The molecule has 130 valence electrons. The Kier molecular flexibility index (Phi) is 5.21. The van der Waals surface area contributed by atoms with E-state index >= 15 is 0 Å². The fourth-order valence-corrected chi connectivity index (χ4v) is 3.51. The summed E-state index contributed by atoms with van der Waals surface area (Å²) in [6.07, 6.45) is 1.96. The quantitative estimate of drug-likeness (QED) is 0.605. The number of ether oxygens (including phenoxy) is 1. The van der Waals surface area contributed by atoms with Gasteiger partial charge < -0.3 is 4.74 Å². The van der Waals surface area contributed by atoms with Crippen LogP contribution in [0.1, 0.15) is 25.0 Å². The number of carbonyl (C=O) groups is 1. The molecule has 1 saturated carbocycles. The smallest absolute Gasteiger partial charge is 0.310 e. The van der Waals surface area contributed by atoms with Crippen molar-refractivity contribution in [1.29, 1.82) is 0 Å². The number of hydrogen-bond acceptors (Lipinski definition) is 2. The van der Waals surface area contributed by atoms with E-state index in [1.54, 1.807) is 12.1 Å². The average Bonchev–Trinajstić information content (AvgIpc) is 3.14. The van der Waals surface area contributed by atoms with Crippen molar-refractivity contribution in [3.05, 3.63) is 76.8 Å². The van der Waals surface area contributed by atoms with Crippen molar-refractivity contribution in [3.63, 3.8) is 0 Å². The number of benzene rings is 2. The van der Waals surface area contributed by atoms with Crippen LogP contribution in [0.3, 0.4) is 0 Å². The summed E-state index contributed by atoms with van der Waals surface area (Å²) in [5.74, 6) is -0.271. The summed E-state index contributed by atoms with van der Waals surface area (Å²) >= 11 is 12.3. The highest BCUT2D eigenvalue weighted by atomic mass is 35.5. The molecule has 0 saturated heterocycles. The molecule has 4 heteroatoms. The molecule has 0 heterocycles. The first-order valence-electron chi connectivity index (χ1n) is 8.23. The van der Waals surface area contributed by atoms with Crippen LogP contribution in [-0.4, -0.2) is 5.97 Å². The zero-order valence-corrected chi connectivity index (χ0v) is 15.7. The molecule has 2 unspecified atom stereocenters. The van der Waals surface area contributed by atoms with Gasteiger partial charge in [0.05, 0.1) is 5.92 Å². The molecule has 3 rings (SSSR count). The molecule has 2 aromatic rings. The zero-order valence-electron chi connectivity index (χ0n) is 14.2. The lowest BCUT2D eigenvalue weighted by molar-refractivity contribution is -0.147. The maximum Gasteiger partial charge on any atom is 0.310 e. The van der Waals surface area contributed by atoms with Gasteiger partial charge in [0.15, 0.2) is 0 Å². The highest BCUT2D eigenvalue weighted by Gasteiger charge is 2.61. The summed E-state index contributed by atoms with van der Waals surface area (Å²) in [5, 5.41) is 1.30. The van der Waals surface area contributed by atoms with E-state index < -0.39 is 0 Å². The molecule has 0 N–H and O–H groups in total. The number of halogens is 2. The Morgan fingerprint density at radius 3 is 2.40 bits per heavy atom. The molecular weight excluding hydrogens is 355 g/mol. The normalized spacial score (nSPS) is 21.7. The van der Waals surface area contributed by atoms with Crippen molar-refractivity contribution >= 4 is 34.2 Å². The van der Waals surface area contributed by atoms with Crippen LogP contribution >= 0.6 is 23.2 Å². The van der Waals surface area contributed by atoms with Gasteiger partial charge in [-0.15, -0.1) is 0 Å². The molecule has 0 bridgehead atoms. The van der Waals surface area contributed by atoms with E-state index in [1.165, 1.54) is 0 Å². The molecule has 0 amide bonds. The SMILES string of the molecule is CC1(C)C(C=C(Cl)c2ccc(Cl)cc2)C1C(=O)OCc1ccccc1. The minimum atomic E-state index is -0.171. The molecule has 2 atom stereocenters. The molecule has 2 nitrogen and oxygen atoms in total. The van der Waals surface area contributed by atoms with Gasteiger partial charge in [-0.25, -0.2) is 0 Å². The third kappa shape index (κ3) is 4.08. The van der Waals surface area contributed by atoms with Gasteiger partial charge in [0.1, 0.15) is 6.61 Å². The fourth-order valence-electron chi connectivity index (χ4n) is 3.12. The second-order valence-electron chi connectivity index (χ2n) is 6.94. The van der Waals surface area contributed by atoms with Crippen molar-refractivity contribution in [2.75, 3.05) is 0 Å². The van der Waals surface area contributed by atoms with E-state index in [4.69, 9.17) is 27.9 Å². The summed E-state index contributed by atoms with van der Waals surface area (Å²) in [4.78, 5) is 12.5. The third-order valence-corrected chi connectivity index (χ3v) is 5.43. The minimum absolute atomic E-state index is 0.0685. The lowest BCUT2D eigenvalue weighted by Gasteiger charge is -2.05. The van der Waals surface area contributed by atoms with Gasteiger partial charge in [-0.3, -0.25) is 4.79 Å². The Labute approximate surface area is 158 Å². The number of hydrogen-bond donors (Lipinski definition) is 0. The molecule has 0 aliphatic heterocycles.